The SMILES string of the molecule is CC(=O)N/N=C1\CCC2(C)C(=CCC3C2CCC2(C)C(C(C)CCCC(C)C)CCC32)C1(C)C. The third kappa shape index (κ3) is 4.32. The molecule has 4 aliphatic carbocycles. The van der Waals surface area contributed by atoms with Crippen LogP contribution >= 0.6 is 0 Å². The Labute approximate surface area is 210 Å². The van der Waals surface area contributed by atoms with Crippen molar-refractivity contribution >= 4 is 11.6 Å². The summed E-state index contributed by atoms with van der Waals surface area (Å²) in [5.41, 5.74) is 6.25. The maximum Gasteiger partial charge on any atom is 0.236 e. The first-order valence-corrected chi connectivity index (χ1v) is 14.5. The number of hydrogen-bond donors (Lipinski definition) is 1. The number of carbonyl (C=O) groups is 1. The van der Waals surface area contributed by atoms with E-state index in [0.717, 1.165) is 47.6 Å². The number of allylic oxidation sites excluding steroid dienone is 2. The number of carbonyl (C=O) groups excluding carboxylic acids is 1. The molecule has 3 heteroatoms. The molecular formula is C31H52N2O. The number of hydrazone groups is 1. The van der Waals surface area contributed by atoms with Crippen LogP contribution in [0.2, 0.25) is 0 Å². The molecule has 0 radical (unpaired) electrons. The van der Waals surface area contributed by atoms with Gasteiger partial charge in [-0.1, -0.05) is 79.4 Å². The monoisotopic (exact) mass is 468 g/mol. The summed E-state index contributed by atoms with van der Waals surface area (Å²) in [7, 11) is 0. The third-order valence-corrected chi connectivity index (χ3v) is 11.3. The van der Waals surface area contributed by atoms with Crippen LogP contribution in [0.4, 0.5) is 0 Å². The van der Waals surface area contributed by atoms with E-state index in [4.69, 9.17) is 0 Å². The summed E-state index contributed by atoms with van der Waals surface area (Å²) in [6.07, 6.45) is 16.0. The molecule has 7 unspecified atom stereocenters. The Morgan fingerprint density at radius 1 is 1.06 bits per heavy atom. The van der Waals surface area contributed by atoms with Gasteiger partial charge in [0, 0.05) is 18.1 Å². The molecular weight excluding hydrogens is 416 g/mol. The first kappa shape index (κ1) is 26.0. The van der Waals surface area contributed by atoms with Gasteiger partial charge in [-0.15, -0.1) is 0 Å². The Hall–Kier alpha value is -1.12. The zero-order valence-electron chi connectivity index (χ0n) is 23.5. The van der Waals surface area contributed by atoms with Crippen LogP contribution < -0.4 is 5.43 Å². The highest BCUT2D eigenvalue weighted by Gasteiger charge is 2.60. The molecule has 0 heterocycles. The van der Waals surface area contributed by atoms with Crippen molar-refractivity contribution in [3.63, 3.8) is 0 Å². The molecule has 0 aromatic rings. The zero-order chi connectivity index (χ0) is 24.9. The van der Waals surface area contributed by atoms with Crippen molar-refractivity contribution in [3.8, 4) is 0 Å². The normalized spacial score (nSPS) is 40.9. The lowest BCUT2D eigenvalue weighted by molar-refractivity contribution is -0.118. The van der Waals surface area contributed by atoms with E-state index in [2.05, 4.69) is 65.1 Å². The highest BCUT2D eigenvalue weighted by atomic mass is 16.2. The Bertz CT molecular complexity index is 838. The molecule has 0 bridgehead atoms. The van der Waals surface area contributed by atoms with Crippen molar-refractivity contribution in [2.24, 2.45) is 56.9 Å². The standard InChI is InChI=1S/C31H52N2O/c1-20(2)10-9-11-21(3)24-13-14-25-23-12-15-27-29(5,6)28(33-32-22(4)34)17-19-31(27,8)26(23)16-18-30(24,25)7/h15,20-21,23-26H,9-14,16-19H2,1-8H3,(H,32,34)/b33-28+. The van der Waals surface area contributed by atoms with Gasteiger partial charge in [0.1, 0.15) is 0 Å². The summed E-state index contributed by atoms with van der Waals surface area (Å²) < 4.78 is 0. The molecule has 0 saturated heterocycles. The Kier molecular flexibility index (Phi) is 7.17. The summed E-state index contributed by atoms with van der Waals surface area (Å²) in [5.74, 6) is 5.11. The fourth-order valence-corrected chi connectivity index (χ4v) is 9.60. The molecule has 192 valence electrons. The number of nitrogens with one attached hydrogen (secondary N) is 1. The second-order valence-electron chi connectivity index (χ2n) is 14.0. The van der Waals surface area contributed by atoms with Crippen LogP contribution in [0.25, 0.3) is 0 Å². The van der Waals surface area contributed by atoms with Gasteiger partial charge in [-0.3, -0.25) is 4.79 Å². The van der Waals surface area contributed by atoms with E-state index in [1.165, 1.54) is 57.8 Å². The van der Waals surface area contributed by atoms with E-state index < -0.39 is 0 Å². The fourth-order valence-electron chi connectivity index (χ4n) is 9.60. The molecule has 34 heavy (non-hydrogen) atoms. The molecule has 4 rings (SSSR count). The number of hydrogen-bond acceptors (Lipinski definition) is 2. The topological polar surface area (TPSA) is 41.5 Å². The number of fused-ring (bicyclic) bond motifs is 5. The van der Waals surface area contributed by atoms with Crippen molar-refractivity contribution in [1.29, 1.82) is 0 Å². The lowest BCUT2D eigenvalue weighted by atomic mass is 9.44. The molecule has 4 aliphatic rings. The van der Waals surface area contributed by atoms with Gasteiger partial charge in [0.25, 0.3) is 0 Å². The average molecular weight is 469 g/mol. The smallest absolute Gasteiger partial charge is 0.236 e. The maximum atomic E-state index is 11.5. The van der Waals surface area contributed by atoms with Gasteiger partial charge in [0.15, 0.2) is 0 Å². The molecule has 0 aromatic heterocycles. The van der Waals surface area contributed by atoms with Crippen LogP contribution in [0.15, 0.2) is 16.8 Å². The molecule has 3 nitrogen and oxygen atoms in total. The number of rotatable bonds is 6. The Balaban J connectivity index is 1.54. The van der Waals surface area contributed by atoms with Gasteiger partial charge in [0.2, 0.25) is 5.91 Å². The second kappa shape index (κ2) is 9.40. The van der Waals surface area contributed by atoms with Crippen molar-refractivity contribution in [2.75, 3.05) is 0 Å². The van der Waals surface area contributed by atoms with Crippen LogP contribution in [-0.2, 0) is 4.79 Å². The zero-order valence-corrected chi connectivity index (χ0v) is 23.5. The first-order chi connectivity index (χ1) is 15.9. The summed E-state index contributed by atoms with van der Waals surface area (Å²) in [6, 6.07) is 0. The minimum Gasteiger partial charge on any atom is -0.274 e. The van der Waals surface area contributed by atoms with Crippen molar-refractivity contribution in [1.82, 2.24) is 5.43 Å². The van der Waals surface area contributed by atoms with Crippen LogP contribution in [0.1, 0.15) is 120 Å². The first-order valence-electron chi connectivity index (χ1n) is 14.5. The molecule has 3 fully saturated rings. The molecule has 0 spiro atoms. The molecule has 0 aliphatic heterocycles. The van der Waals surface area contributed by atoms with Crippen molar-refractivity contribution in [2.45, 2.75) is 120 Å². The molecule has 0 aromatic carbocycles. The van der Waals surface area contributed by atoms with Gasteiger partial charge < -0.3 is 0 Å². The van der Waals surface area contributed by atoms with E-state index in [1.807, 2.05) is 0 Å². The molecule has 7 atom stereocenters. The number of nitrogens with zero attached hydrogens (tertiary/aromatic N) is 1. The summed E-state index contributed by atoms with van der Waals surface area (Å²) in [6.45, 7) is 18.8. The summed E-state index contributed by atoms with van der Waals surface area (Å²) in [4.78, 5) is 11.5. The Morgan fingerprint density at radius 2 is 1.79 bits per heavy atom. The van der Waals surface area contributed by atoms with E-state index in [-0.39, 0.29) is 16.7 Å². The summed E-state index contributed by atoms with van der Waals surface area (Å²) >= 11 is 0. The second-order valence-corrected chi connectivity index (χ2v) is 14.0. The van der Waals surface area contributed by atoms with Gasteiger partial charge >= 0.3 is 0 Å². The lowest BCUT2D eigenvalue weighted by Gasteiger charge is -2.60. The molecule has 1 N–H and O–H groups in total. The van der Waals surface area contributed by atoms with Gasteiger partial charge in [-0.05, 0) is 91.3 Å². The Morgan fingerprint density at radius 3 is 2.47 bits per heavy atom. The van der Waals surface area contributed by atoms with Crippen LogP contribution in [0.5, 0.6) is 0 Å². The quantitative estimate of drug-likeness (QED) is 0.310. The van der Waals surface area contributed by atoms with Gasteiger partial charge in [-0.25, -0.2) is 5.43 Å². The molecule has 3 saturated carbocycles. The van der Waals surface area contributed by atoms with E-state index >= 15 is 0 Å². The molecule has 1 amide bonds. The average Bonchev–Trinajstić information content (AvgIpc) is 3.09. The van der Waals surface area contributed by atoms with Crippen molar-refractivity contribution in [3.05, 3.63) is 11.6 Å². The maximum absolute atomic E-state index is 11.5. The minimum absolute atomic E-state index is 0.0652. The van der Waals surface area contributed by atoms with Crippen LogP contribution in [0, 0.1) is 51.8 Å². The van der Waals surface area contributed by atoms with Gasteiger partial charge in [-0.2, -0.15) is 5.10 Å². The van der Waals surface area contributed by atoms with Gasteiger partial charge in [0.05, 0.1) is 0 Å². The third-order valence-electron chi connectivity index (χ3n) is 11.3. The predicted molar refractivity (Wildman–Crippen MR) is 143 cm³/mol. The van der Waals surface area contributed by atoms with Crippen molar-refractivity contribution < 1.29 is 4.79 Å². The highest BCUT2D eigenvalue weighted by molar-refractivity contribution is 5.94. The summed E-state index contributed by atoms with van der Waals surface area (Å²) in [5, 5.41) is 4.57. The minimum atomic E-state index is -0.0740. The van der Waals surface area contributed by atoms with E-state index in [9.17, 15) is 4.79 Å². The largest absolute Gasteiger partial charge is 0.274 e. The van der Waals surface area contributed by atoms with E-state index in [1.54, 1.807) is 12.5 Å². The number of amides is 1. The predicted octanol–water partition coefficient (Wildman–Crippen LogP) is 8.16. The van der Waals surface area contributed by atoms with E-state index in [0.29, 0.717) is 5.41 Å². The van der Waals surface area contributed by atoms with Crippen LogP contribution in [0.3, 0.4) is 0 Å². The fraction of sp³-hybridized carbons (Fsp3) is 0.871. The highest BCUT2D eigenvalue weighted by Crippen LogP contribution is 2.68. The van der Waals surface area contributed by atoms with Crippen LogP contribution in [-0.4, -0.2) is 11.6 Å². The lowest BCUT2D eigenvalue weighted by Crippen LogP contribution is -2.54.